The summed E-state index contributed by atoms with van der Waals surface area (Å²) in [6.45, 7) is 5.20. The van der Waals surface area contributed by atoms with Crippen molar-refractivity contribution in [3.8, 4) is 0 Å². The third-order valence-electron chi connectivity index (χ3n) is 2.21. The van der Waals surface area contributed by atoms with Crippen LogP contribution in [0.3, 0.4) is 0 Å². The van der Waals surface area contributed by atoms with Crippen molar-refractivity contribution in [1.82, 2.24) is 5.32 Å². The topological polar surface area (TPSA) is 78.8 Å². The first kappa shape index (κ1) is 15.5. The molecule has 0 aliphatic rings. The summed E-state index contributed by atoms with van der Waals surface area (Å²) >= 11 is 0. The number of halogens is 1. The number of hydrogen-bond acceptors (Lipinski definition) is 4. The van der Waals surface area contributed by atoms with Gasteiger partial charge in [0.2, 0.25) is 0 Å². The summed E-state index contributed by atoms with van der Waals surface area (Å²) in [5, 5.41) is 20.7. The third-order valence-corrected chi connectivity index (χ3v) is 2.21. The van der Waals surface area contributed by atoms with E-state index < -0.39 is 24.6 Å². The SMILES string of the molecule is CC(C)(C)OC(=O)NCc1ccc(F)cc1B(O)O. The maximum absolute atomic E-state index is 13.0. The molecule has 19 heavy (non-hydrogen) atoms. The largest absolute Gasteiger partial charge is 0.488 e. The molecule has 5 nitrogen and oxygen atoms in total. The van der Waals surface area contributed by atoms with E-state index in [0.29, 0.717) is 5.56 Å². The maximum atomic E-state index is 13.0. The van der Waals surface area contributed by atoms with Crippen molar-refractivity contribution in [2.24, 2.45) is 0 Å². The molecule has 0 saturated heterocycles. The van der Waals surface area contributed by atoms with Crippen LogP contribution in [0, 0.1) is 5.82 Å². The van der Waals surface area contributed by atoms with E-state index in [9.17, 15) is 9.18 Å². The molecule has 1 rings (SSSR count). The molecule has 0 aliphatic carbocycles. The van der Waals surface area contributed by atoms with Crippen molar-refractivity contribution in [3.63, 3.8) is 0 Å². The second-order valence-corrected chi connectivity index (χ2v) is 5.07. The van der Waals surface area contributed by atoms with Crippen LogP contribution in [0.5, 0.6) is 0 Å². The van der Waals surface area contributed by atoms with Gasteiger partial charge in [0.05, 0.1) is 0 Å². The minimum Gasteiger partial charge on any atom is -0.444 e. The predicted octanol–water partition coefficient (Wildman–Crippen LogP) is 0.530. The molecule has 0 aromatic heterocycles. The molecule has 3 N–H and O–H groups in total. The standard InChI is InChI=1S/C12H17BFNO4/c1-12(2,3)19-11(16)15-7-8-4-5-9(14)6-10(8)13(17)18/h4-6,17-18H,7H2,1-3H3,(H,15,16). The quantitative estimate of drug-likeness (QED) is 0.699. The van der Waals surface area contributed by atoms with Crippen LogP contribution in [-0.4, -0.2) is 28.9 Å². The molecule has 1 aromatic carbocycles. The van der Waals surface area contributed by atoms with Crippen LogP contribution in [0.15, 0.2) is 18.2 Å². The van der Waals surface area contributed by atoms with Gasteiger partial charge in [-0.25, -0.2) is 9.18 Å². The zero-order valence-corrected chi connectivity index (χ0v) is 11.1. The Balaban J connectivity index is 2.70. The Morgan fingerprint density at radius 1 is 1.42 bits per heavy atom. The van der Waals surface area contributed by atoms with Gasteiger partial charge < -0.3 is 20.1 Å². The van der Waals surface area contributed by atoms with Gasteiger partial charge >= 0.3 is 13.2 Å². The lowest BCUT2D eigenvalue weighted by Gasteiger charge is -2.20. The molecule has 0 radical (unpaired) electrons. The first-order chi connectivity index (χ1) is 8.69. The lowest BCUT2D eigenvalue weighted by atomic mass is 9.77. The second-order valence-electron chi connectivity index (χ2n) is 5.07. The molecular formula is C12H17BFNO4. The molecule has 0 saturated carbocycles. The average molecular weight is 269 g/mol. The number of ether oxygens (including phenoxy) is 1. The average Bonchev–Trinajstić information content (AvgIpc) is 2.24. The van der Waals surface area contributed by atoms with E-state index in [2.05, 4.69) is 5.32 Å². The van der Waals surface area contributed by atoms with Crippen molar-refractivity contribution >= 4 is 18.7 Å². The van der Waals surface area contributed by atoms with E-state index in [1.54, 1.807) is 20.8 Å². The van der Waals surface area contributed by atoms with Crippen LogP contribution in [0.25, 0.3) is 0 Å². The number of carbonyl (C=O) groups is 1. The number of alkyl carbamates (subject to hydrolysis) is 1. The van der Waals surface area contributed by atoms with Crippen molar-refractivity contribution in [2.75, 3.05) is 0 Å². The van der Waals surface area contributed by atoms with Gasteiger partial charge in [-0.15, -0.1) is 0 Å². The van der Waals surface area contributed by atoms with Crippen molar-refractivity contribution in [2.45, 2.75) is 32.9 Å². The summed E-state index contributed by atoms with van der Waals surface area (Å²) < 4.78 is 18.0. The van der Waals surface area contributed by atoms with Gasteiger partial charge in [-0.1, -0.05) is 6.07 Å². The Morgan fingerprint density at radius 2 is 2.05 bits per heavy atom. The smallest absolute Gasteiger partial charge is 0.444 e. The monoisotopic (exact) mass is 269 g/mol. The van der Waals surface area contributed by atoms with Gasteiger partial charge in [0.15, 0.2) is 0 Å². The summed E-state index contributed by atoms with van der Waals surface area (Å²) in [4.78, 5) is 11.4. The molecule has 0 heterocycles. The predicted molar refractivity (Wildman–Crippen MR) is 69.3 cm³/mol. The van der Waals surface area contributed by atoms with Crippen LogP contribution >= 0.6 is 0 Å². The summed E-state index contributed by atoms with van der Waals surface area (Å²) in [7, 11) is -1.80. The normalized spacial score (nSPS) is 11.1. The van der Waals surface area contributed by atoms with Crippen LogP contribution in [0.1, 0.15) is 26.3 Å². The molecule has 0 aliphatic heterocycles. The highest BCUT2D eigenvalue weighted by atomic mass is 19.1. The first-order valence-corrected chi connectivity index (χ1v) is 5.80. The number of benzene rings is 1. The zero-order valence-electron chi connectivity index (χ0n) is 11.1. The molecule has 0 spiro atoms. The van der Waals surface area contributed by atoms with Crippen molar-refractivity contribution in [1.29, 1.82) is 0 Å². The summed E-state index contributed by atoms with van der Waals surface area (Å²) in [6, 6.07) is 3.57. The lowest BCUT2D eigenvalue weighted by Crippen LogP contribution is -2.37. The molecule has 7 heteroatoms. The minimum absolute atomic E-state index is 0.0102. The molecular weight excluding hydrogens is 252 g/mol. The molecule has 0 atom stereocenters. The highest BCUT2D eigenvalue weighted by Gasteiger charge is 2.19. The van der Waals surface area contributed by atoms with Gasteiger partial charge in [-0.2, -0.15) is 0 Å². The Morgan fingerprint density at radius 3 is 2.58 bits per heavy atom. The van der Waals surface area contributed by atoms with Crippen LogP contribution in [-0.2, 0) is 11.3 Å². The van der Waals surface area contributed by atoms with Gasteiger partial charge in [0.1, 0.15) is 11.4 Å². The minimum atomic E-state index is -1.80. The van der Waals surface area contributed by atoms with E-state index in [0.717, 1.165) is 6.07 Å². The Kier molecular flexibility index (Phi) is 4.91. The summed E-state index contributed by atoms with van der Waals surface area (Å²) in [5.74, 6) is -0.580. The fraction of sp³-hybridized carbons (Fsp3) is 0.417. The summed E-state index contributed by atoms with van der Waals surface area (Å²) in [5.41, 5.74) is -0.204. The Labute approximate surface area is 111 Å². The lowest BCUT2D eigenvalue weighted by molar-refractivity contribution is 0.0523. The Bertz CT molecular complexity index is 460. The van der Waals surface area contributed by atoms with Gasteiger partial charge in [0.25, 0.3) is 0 Å². The van der Waals surface area contributed by atoms with Crippen molar-refractivity contribution in [3.05, 3.63) is 29.6 Å². The molecule has 0 fully saturated rings. The van der Waals surface area contributed by atoms with E-state index in [4.69, 9.17) is 14.8 Å². The maximum Gasteiger partial charge on any atom is 0.488 e. The van der Waals surface area contributed by atoms with Gasteiger partial charge in [-0.05, 0) is 43.9 Å². The van der Waals surface area contributed by atoms with E-state index in [1.807, 2.05) is 0 Å². The fourth-order valence-electron chi connectivity index (χ4n) is 1.45. The molecule has 1 aromatic rings. The number of hydrogen-bond donors (Lipinski definition) is 3. The van der Waals surface area contributed by atoms with Crippen LogP contribution in [0.4, 0.5) is 9.18 Å². The molecule has 0 unspecified atom stereocenters. The highest BCUT2D eigenvalue weighted by Crippen LogP contribution is 2.07. The van der Waals surface area contributed by atoms with Crippen molar-refractivity contribution < 1.29 is 24.0 Å². The number of nitrogens with one attached hydrogen (secondary N) is 1. The Hall–Kier alpha value is -1.60. The van der Waals surface area contributed by atoms with Gasteiger partial charge in [-0.3, -0.25) is 0 Å². The number of carbonyl (C=O) groups excluding carboxylic acids is 1. The van der Waals surface area contributed by atoms with E-state index in [-0.39, 0.29) is 12.0 Å². The van der Waals surface area contributed by atoms with E-state index >= 15 is 0 Å². The fourth-order valence-corrected chi connectivity index (χ4v) is 1.45. The van der Waals surface area contributed by atoms with Crippen LogP contribution < -0.4 is 10.8 Å². The van der Waals surface area contributed by atoms with Gasteiger partial charge in [0, 0.05) is 6.54 Å². The van der Waals surface area contributed by atoms with E-state index in [1.165, 1.54) is 12.1 Å². The van der Waals surface area contributed by atoms with Crippen LogP contribution in [0.2, 0.25) is 0 Å². The third kappa shape index (κ3) is 5.27. The molecule has 0 bridgehead atoms. The highest BCUT2D eigenvalue weighted by molar-refractivity contribution is 6.59. The first-order valence-electron chi connectivity index (χ1n) is 5.80. The zero-order chi connectivity index (χ0) is 14.6. The molecule has 1 amide bonds. The number of rotatable bonds is 3. The number of amides is 1. The molecule has 104 valence electrons. The summed E-state index contributed by atoms with van der Waals surface area (Å²) in [6.07, 6.45) is -0.629. The second kappa shape index (κ2) is 6.03.